The van der Waals surface area contributed by atoms with Gasteiger partial charge in [-0.15, -0.1) is 68.0 Å². The predicted octanol–water partition coefficient (Wildman–Crippen LogP) is 31.3. The maximum Gasteiger partial charge on any atom is 0.320 e. The first-order chi connectivity index (χ1) is 55.1. The molecular formula is C100H119N4O2S6+. The van der Waals surface area contributed by atoms with Gasteiger partial charge in [0, 0.05) is 113 Å². The fourth-order valence-corrected chi connectivity index (χ4v) is 24.2. The van der Waals surface area contributed by atoms with E-state index in [1.165, 1.54) is 313 Å². The monoisotopic (exact) mass is 1600 g/mol. The van der Waals surface area contributed by atoms with E-state index >= 15 is 0 Å². The van der Waals surface area contributed by atoms with Gasteiger partial charge in [0.05, 0.1) is 0 Å². The number of carbonyl (C=O) groups excluding carboxylic acids is 2. The van der Waals surface area contributed by atoms with Crippen molar-refractivity contribution >= 4 is 123 Å². The summed E-state index contributed by atoms with van der Waals surface area (Å²) in [4.78, 5) is 41.5. The Balaban J connectivity index is 1.05. The van der Waals surface area contributed by atoms with Crippen molar-refractivity contribution in [2.75, 3.05) is 0 Å². The number of allylic oxidation sites excluding steroid dienone is 6. The number of benzene rings is 3. The number of ketones is 2. The Morgan fingerprint density at radius 2 is 0.643 bits per heavy atom. The fraction of sp³-hybridized carbons (Fsp3) is 0.480. The van der Waals surface area contributed by atoms with Gasteiger partial charge < -0.3 is 0 Å². The number of carbonyl (C=O) groups is 2. The quantitative estimate of drug-likeness (QED) is 0.0231. The Morgan fingerprint density at radius 1 is 0.339 bits per heavy atom. The normalized spacial score (nSPS) is 13.8. The fourth-order valence-electron chi connectivity index (χ4n) is 16.8. The van der Waals surface area contributed by atoms with E-state index in [0.717, 1.165) is 61.1 Å². The van der Waals surface area contributed by atoms with Crippen LogP contribution in [0.15, 0.2) is 119 Å². The van der Waals surface area contributed by atoms with Crippen LogP contribution in [0.1, 0.15) is 347 Å². The van der Waals surface area contributed by atoms with Gasteiger partial charge in [-0.3, -0.25) is 9.59 Å². The zero-order valence-corrected chi connectivity index (χ0v) is 72.5. The molecule has 0 atom stereocenters. The van der Waals surface area contributed by atoms with Crippen LogP contribution in [0.25, 0.3) is 83.9 Å². The largest absolute Gasteiger partial charge is 0.320 e. The van der Waals surface area contributed by atoms with Gasteiger partial charge in [-0.2, -0.15) is 15.8 Å². The second kappa shape index (κ2) is 45.7. The van der Waals surface area contributed by atoms with E-state index in [2.05, 4.69) is 101 Å². The molecule has 3 aromatic carbocycles. The van der Waals surface area contributed by atoms with Gasteiger partial charge in [0.25, 0.3) is 0 Å². The van der Waals surface area contributed by atoms with Crippen LogP contribution in [0.4, 0.5) is 0 Å². The number of unbranched alkanes of at least 4 members (excludes halogenated alkanes) is 36. The van der Waals surface area contributed by atoms with E-state index in [1.54, 1.807) is 22.7 Å². The number of nitriles is 3. The summed E-state index contributed by atoms with van der Waals surface area (Å²) in [7, 11) is 0. The molecule has 2 aliphatic carbocycles. The number of hydrogen-bond acceptors (Lipinski definition) is 11. The number of aryl methyl sites for hydroxylation is 4. The number of hydrogen-bond donors (Lipinski definition) is 1. The average molecular weight is 1600 g/mol. The third kappa shape index (κ3) is 22.6. The molecule has 0 radical (unpaired) electrons. The van der Waals surface area contributed by atoms with E-state index in [9.17, 15) is 25.4 Å². The maximum atomic E-state index is 14.6. The number of fused-ring (bicyclic) bond motifs is 4. The van der Waals surface area contributed by atoms with Gasteiger partial charge in [0.15, 0.2) is 17.1 Å². The SMILES string of the molecule is CCCCCCCCCCCCc1ccc(-c2c3cc(-c4sc(/C=C5\C(=O)c6ccccc6\C5=C(\C#N)C#[NH+])cc4CCCCCCCCCCCC)sc3c(-c3ccc(CCCCCCCCCCCC)s3)c3cc(-c4sc(/C=C5\C(=O)c6ccccc6C5=C(C#N)C#N)cc4CCCCCCCCCCCC)sc23)s1. The van der Waals surface area contributed by atoms with Gasteiger partial charge in [-0.25, -0.2) is 0 Å². The Kier molecular flexibility index (Phi) is 34.9. The smallest absolute Gasteiger partial charge is 0.289 e. The molecule has 0 amide bonds. The molecule has 112 heavy (non-hydrogen) atoms. The van der Waals surface area contributed by atoms with Gasteiger partial charge in [-0.1, -0.05) is 313 Å². The van der Waals surface area contributed by atoms with Crippen LogP contribution in [0.5, 0.6) is 0 Å². The Hall–Kier alpha value is -7.36. The zero-order chi connectivity index (χ0) is 78.2. The lowest BCUT2D eigenvalue weighted by Gasteiger charge is -2.09. The molecule has 6 heterocycles. The molecule has 0 saturated heterocycles. The summed E-state index contributed by atoms with van der Waals surface area (Å²) in [5, 5.41) is 42.2. The van der Waals surface area contributed by atoms with Crippen molar-refractivity contribution in [3.63, 3.8) is 0 Å². The zero-order valence-electron chi connectivity index (χ0n) is 67.6. The molecule has 9 aromatic rings. The second-order valence-corrected chi connectivity index (χ2v) is 38.2. The third-order valence-electron chi connectivity index (χ3n) is 23.0. The molecule has 0 aliphatic heterocycles. The van der Waals surface area contributed by atoms with Crippen molar-refractivity contribution in [2.24, 2.45) is 0 Å². The molecule has 1 N–H and O–H groups in total. The summed E-state index contributed by atoms with van der Waals surface area (Å²) in [6.45, 7) is 9.16. The molecule has 0 saturated carbocycles. The minimum atomic E-state index is -0.155. The number of nitrogens with zero attached hydrogens (tertiary/aromatic N) is 3. The van der Waals surface area contributed by atoms with Crippen molar-refractivity contribution in [1.82, 2.24) is 0 Å². The lowest BCUT2D eigenvalue weighted by Crippen LogP contribution is -2.17. The molecule has 0 fully saturated rings. The molecule has 0 bridgehead atoms. The lowest BCUT2D eigenvalue weighted by atomic mass is 9.98. The van der Waals surface area contributed by atoms with E-state index in [0.29, 0.717) is 44.5 Å². The molecular weight excluding hydrogens is 1480 g/mol. The number of Topliss-reactive ketones (excluding diaryl/α,β-unsaturated/α-hetero) is 2. The summed E-state index contributed by atoms with van der Waals surface area (Å²) in [5.41, 5.74) is 9.31. The minimum absolute atomic E-state index is 0.0469. The lowest BCUT2D eigenvalue weighted by molar-refractivity contribution is -0.0908. The van der Waals surface area contributed by atoms with Crippen LogP contribution in [-0.4, -0.2) is 11.6 Å². The standard InChI is InChI=1S/C100H118N4O2S6/c1-5-9-13-17-21-25-29-33-37-41-49-71-61-77(63-83-91(73(67-101)68-102)79-53-45-47-55-81(79)95(83)105)109-97(71)89-65-85-93(87-59-57-75(107-87)51-43-39-35-31-27-23-19-15-11-7-3)100-86(94(99(85)111-89)88-60-58-76(108-88)52-44-40-36-32-28-24-20-16-12-8-4)66-90(112-100)98-72(50-42-38-34-30-26-22-18-14-10-6-2)62-78(110-98)64-84-92(74(69-103)70-104)80-54-46-48-56-82(80)96(84)106/h45-48,53-66H,5-44,49-52H2,1-4H3/p+1/b83-63-,84-64-. The van der Waals surface area contributed by atoms with Crippen LogP contribution in [0, 0.1) is 40.1 Å². The summed E-state index contributed by atoms with van der Waals surface area (Å²) < 4.78 is 2.57. The summed E-state index contributed by atoms with van der Waals surface area (Å²) in [6, 6.07) is 43.3. The van der Waals surface area contributed by atoms with E-state index in [-0.39, 0.29) is 22.7 Å². The molecule has 0 unspecified atom stereocenters. The van der Waals surface area contributed by atoms with E-state index < -0.39 is 0 Å². The highest BCUT2D eigenvalue weighted by atomic mass is 32.1. The van der Waals surface area contributed by atoms with Crippen LogP contribution in [0.3, 0.4) is 0 Å². The first-order valence-electron chi connectivity index (χ1n) is 43.5. The summed E-state index contributed by atoms with van der Waals surface area (Å²) in [6.07, 6.45) is 59.0. The Bertz CT molecular complexity index is 4520. The first-order valence-corrected chi connectivity index (χ1v) is 48.4. The highest BCUT2D eigenvalue weighted by molar-refractivity contribution is 7.29. The van der Waals surface area contributed by atoms with Crippen molar-refractivity contribution in [3.8, 4) is 64.7 Å². The van der Waals surface area contributed by atoms with Gasteiger partial charge in [0.2, 0.25) is 0 Å². The summed E-state index contributed by atoms with van der Waals surface area (Å²) in [5.74, 6) is -0.285. The van der Waals surface area contributed by atoms with E-state index in [4.69, 9.17) is 5.26 Å². The minimum Gasteiger partial charge on any atom is -0.289 e. The molecule has 6 nitrogen and oxygen atoms in total. The highest BCUT2D eigenvalue weighted by Crippen LogP contribution is 2.57. The van der Waals surface area contributed by atoms with Crippen LogP contribution in [0.2, 0.25) is 0 Å². The van der Waals surface area contributed by atoms with Crippen molar-refractivity contribution in [1.29, 1.82) is 15.8 Å². The Labute approximate surface area is 695 Å². The highest BCUT2D eigenvalue weighted by Gasteiger charge is 2.35. The van der Waals surface area contributed by atoms with Gasteiger partial charge >= 0.3 is 6.07 Å². The van der Waals surface area contributed by atoms with Crippen LogP contribution >= 0.6 is 68.0 Å². The summed E-state index contributed by atoms with van der Waals surface area (Å²) >= 11 is 11.3. The Morgan fingerprint density at radius 3 is 0.964 bits per heavy atom. The van der Waals surface area contributed by atoms with Crippen LogP contribution in [-0.2, 0) is 25.7 Å². The second-order valence-electron chi connectivity index (χ2n) is 31.5. The molecule has 0 spiro atoms. The van der Waals surface area contributed by atoms with Gasteiger partial charge in [-0.05, 0) is 134 Å². The number of thiophene rings is 6. The third-order valence-corrected chi connectivity index (χ3v) is 30.2. The van der Waals surface area contributed by atoms with Crippen molar-refractivity contribution < 1.29 is 14.9 Å². The van der Waals surface area contributed by atoms with Crippen LogP contribution < -0.4 is 5.26 Å². The number of rotatable bonds is 50. The maximum absolute atomic E-state index is 14.6. The predicted molar refractivity (Wildman–Crippen MR) is 486 cm³/mol. The first kappa shape index (κ1) is 85.5. The topological polar surface area (TPSA) is 129 Å². The van der Waals surface area contributed by atoms with Crippen molar-refractivity contribution in [2.45, 2.75) is 310 Å². The molecule has 11 rings (SSSR count). The number of nitrogens with one attached hydrogen (secondary N) is 1. The van der Waals surface area contributed by atoms with E-state index in [1.807, 2.05) is 106 Å². The molecule has 2 aliphatic rings. The molecule has 586 valence electrons. The van der Waals surface area contributed by atoms with Crippen molar-refractivity contribution in [3.05, 3.63) is 172 Å². The van der Waals surface area contributed by atoms with Gasteiger partial charge in [0.1, 0.15) is 23.8 Å². The molecule has 6 aromatic heterocycles. The molecule has 12 heteroatoms. The average Bonchev–Trinajstić information content (AvgIpc) is 1.55.